The number of halogens is 1. The van der Waals surface area contributed by atoms with Crippen molar-refractivity contribution >= 4 is 30.3 Å². The zero-order valence-corrected chi connectivity index (χ0v) is 22.6. The number of benzene rings is 1. The molecule has 2 saturated heterocycles. The van der Waals surface area contributed by atoms with Gasteiger partial charge in [-0.2, -0.15) is 0 Å². The highest BCUT2D eigenvalue weighted by Crippen LogP contribution is 2.39. The molecule has 8 heteroatoms. The summed E-state index contributed by atoms with van der Waals surface area (Å²) in [5.74, 6) is 0.675. The predicted molar refractivity (Wildman–Crippen MR) is 142 cm³/mol. The van der Waals surface area contributed by atoms with Crippen molar-refractivity contribution in [3.8, 4) is 0 Å². The molecule has 36 heavy (non-hydrogen) atoms. The van der Waals surface area contributed by atoms with E-state index in [9.17, 15) is 14.4 Å². The van der Waals surface area contributed by atoms with Gasteiger partial charge in [-0.3, -0.25) is 9.59 Å². The van der Waals surface area contributed by atoms with E-state index in [1.54, 1.807) is 9.80 Å². The summed E-state index contributed by atoms with van der Waals surface area (Å²) in [6.07, 6.45) is 9.23. The standard InChI is InChI=1S/C28H41N3O4.ClH/c1-3-4-17-31-25(32)24(20-22-11-7-5-8-12-22)29(2)26(33)28(31)15-18-30(19-16-28)27(34)35-21-23-13-9-6-10-14-23;/h6,9-10,13-14,22,24H,3-5,7-8,11-12,15-21H2,1-2H3;1H/t24-;/m0./s1. The highest BCUT2D eigenvalue weighted by Gasteiger charge is 2.56. The van der Waals surface area contributed by atoms with Crippen LogP contribution in [0.5, 0.6) is 0 Å². The Morgan fingerprint density at radius 2 is 1.72 bits per heavy atom. The Morgan fingerprint density at radius 1 is 1.06 bits per heavy atom. The number of hydrogen-bond donors (Lipinski definition) is 0. The van der Waals surface area contributed by atoms with Crippen LogP contribution in [0.3, 0.4) is 0 Å². The van der Waals surface area contributed by atoms with Crippen molar-refractivity contribution in [2.75, 3.05) is 26.7 Å². The van der Waals surface area contributed by atoms with Crippen LogP contribution in [-0.2, 0) is 20.9 Å². The summed E-state index contributed by atoms with van der Waals surface area (Å²) in [7, 11) is 1.81. The van der Waals surface area contributed by atoms with Crippen LogP contribution < -0.4 is 0 Å². The minimum Gasteiger partial charge on any atom is -0.445 e. The third-order valence-electron chi connectivity index (χ3n) is 8.32. The molecule has 3 amide bonds. The van der Waals surface area contributed by atoms with Crippen LogP contribution in [0.2, 0.25) is 0 Å². The van der Waals surface area contributed by atoms with Crippen molar-refractivity contribution in [2.45, 2.75) is 89.3 Å². The first-order valence-electron chi connectivity index (χ1n) is 13.5. The molecule has 4 rings (SSSR count). The lowest BCUT2D eigenvalue weighted by atomic mass is 9.78. The van der Waals surface area contributed by atoms with Crippen molar-refractivity contribution in [3.05, 3.63) is 35.9 Å². The fourth-order valence-electron chi connectivity index (χ4n) is 6.13. The monoisotopic (exact) mass is 519 g/mol. The largest absolute Gasteiger partial charge is 0.445 e. The van der Waals surface area contributed by atoms with Gasteiger partial charge < -0.3 is 19.4 Å². The Labute approximate surface area is 221 Å². The summed E-state index contributed by atoms with van der Waals surface area (Å²) >= 11 is 0. The summed E-state index contributed by atoms with van der Waals surface area (Å²) in [5.41, 5.74) is 0.0963. The van der Waals surface area contributed by atoms with Gasteiger partial charge >= 0.3 is 6.09 Å². The van der Waals surface area contributed by atoms with Gasteiger partial charge in [0.05, 0.1) is 0 Å². The summed E-state index contributed by atoms with van der Waals surface area (Å²) < 4.78 is 5.52. The molecular formula is C28H42ClN3O4. The van der Waals surface area contributed by atoms with E-state index in [2.05, 4.69) is 6.92 Å². The molecule has 0 N–H and O–H groups in total. The Kier molecular flexibility index (Phi) is 10.1. The SMILES string of the molecule is CCCCN1C(=O)[C@H](CC2CCCCC2)N(C)C(=O)C12CCN(C(=O)OCc1ccccc1)CC2.Cl. The Morgan fingerprint density at radius 3 is 2.36 bits per heavy atom. The molecule has 7 nitrogen and oxygen atoms in total. The molecule has 0 aromatic heterocycles. The van der Waals surface area contributed by atoms with Gasteiger partial charge in [0.15, 0.2) is 0 Å². The maximum absolute atomic E-state index is 13.9. The summed E-state index contributed by atoms with van der Waals surface area (Å²) in [5, 5.41) is 0. The molecule has 0 radical (unpaired) electrons. The van der Waals surface area contributed by atoms with E-state index in [1.807, 2.05) is 42.3 Å². The molecule has 1 atom stereocenters. The number of nitrogens with zero attached hydrogens (tertiary/aromatic N) is 3. The molecule has 2 aliphatic heterocycles. The van der Waals surface area contributed by atoms with Gasteiger partial charge in [0, 0.05) is 26.7 Å². The number of carbonyl (C=O) groups excluding carboxylic acids is 3. The zero-order chi connectivity index (χ0) is 24.8. The van der Waals surface area contributed by atoms with Gasteiger partial charge in [0.1, 0.15) is 18.2 Å². The molecule has 1 aromatic carbocycles. The van der Waals surface area contributed by atoms with Crippen LogP contribution >= 0.6 is 12.4 Å². The molecule has 3 fully saturated rings. The van der Waals surface area contributed by atoms with Crippen molar-refractivity contribution in [1.82, 2.24) is 14.7 Å². The quantitative estimate of drug-likeness (QED) is 0.507. The number of hydrogen-bond acceptors (Lipinski definition) is 4. The first-order valence-corrected chi connectivity index (χ1v) is 13.5. The second-order valence-corrected chi connectivity index (χ2v) is 10.6. The zero-order valence-electron chi connectivity index (χ0n) is 21.8. The van der Waals surface area contributed by atoms with Crippen molar-refractivity contribution in [3.63, 3.8) is 0 Å². The number of piperidine rings is 1. The van der Waals surface area contributed by atoms with E-state index in [0.717, 1.165) is 37.7 Å². The van der Waals surface area contributed by atoms with Crippen LogP contribution in [0.4, 0.5) is 4.79 Å². The normalized spacial score (nSPS) is 22.5. The molecule has 1 aliphatic carbocycles. The number of likely N-dealkylation sites (N-methyl/N-ethyl adjacent to an activating group) is 1. The minimum absolute atomic E-state index is 0. The van der Waals surface area contributed by atoms with Gasteiger partial charge in [-0.05, 0) is 37.2 Å². The highest BCUT2D eigenvalue weighted by atomic mass is 35.5. The number of amides is 3. The number of likely N-dealkylation sites (tertiary alicyclic amines) is 1. The van der Waals surface area contributed by atoms with E-state index in [4.69, 9.17) is 4.74 Å². The summed E-state index contributed by atoms with van der Waals surface area (Å²) in [6.45, 7) is 3.77. The first kappa shape index (κ1) is 28.3. The molecule has 1 spiro atoms. The second-order valence-electron chi connectivity index (χ2n) is 10.6. The average molecular weight is 520 g/mol. The highest BCUT2D eigenvalue weighted by molar-refractivity contribution is 6.00. The van der Waals surface area contributed by atoms with Gasteiger partial charge in [0.2, 0.25) is 11.8 Å². The predicted octanol–water partition coefficient (Wildman–Crippen LogP) is 5.02. The van der Waals surface area contributed by atoms with Crippen molar-refractivity contribution < 1.29 is 19.1 Å². The van der Waals surface area contributed by atoms with E-state index in [1.165, 1.54) is 19.3 Å². The number of piperazine rings is 1. The van der Waals surface area contributed by atoms with Crippen LogP contribution in [-0.4, -0.2) is 70.9 Å². The third kappa shape index (κ3) is 5.99. The maximum atomic E-state index is 13.9. The Bertz CT molecular complexity index is 882. The van der Waals surface area contributed by atoms with Crippen molar-refractivity contribution in [1.29, 1.82) is 0 Å². The summed E-state index contributed by atoms with van der Waals surface area (Å²) in [4.78, 5) is 45.7. The lowest BCUT2D eigenvalue weighted by Crippen LogP contribution is -2.73. The van der Waals surface area contributed by atoms with E-state index in [0.29, 0.717) is 38.4 Å². The van der Waals surface area contributed by atoms with Gasteiger partial charge in [0.25, 0.3) is 0 Å². The molecule has 1 aromatic rings. The van der Waals surface area contributed by atoms with Crippen molar-refractivity contribution in [2.24, 2.45) is 5.92 Å². The number of rotatable bonds is 7. The minimum atomic E-state index is -0.847. The van der Waals surface area contributed by atoms with Crippen LogP contribution in [0.1, 0.15) is 76.7 Å². The molecule has 3 aliphatic rings. The van der Waals surface area contributed by atoms with Gasteiger partial charge in [-0.1, -0.05) is 75.8 Å². The molecule has 200 valence electrons. The van der Waals surface area contributed by atoms with E-state index >= 15 is 0 Å². The average Bonchev–Trinajstić information content (AvgIpc) is 2.90. The number of carbonyl (C=O) groups is 3. The van der Waals surface area contributed by atoms with E-state index < -0.39 is 5.54 Å². The lowest BCUT2D eigenvalue weighted by Gasteiger charge is -2.54. The molecule has 1 saturated carbocycles. The Balaban J connectivity index is 0.00000361. The van der Waals surface area contributed by atoms with Crippen LogP contribution in [0.25, 0.3) is 0 Å². The van der Waals surface area contributed by atoms with Crippen LogP contribution in [0, 0.1) is 5.92 Å². The van der Waals surface area contributed by atoms with E-state index in [-0.39, 0.29) is 43.0 Å². The molecule has 2 heterocycles. The molecule has 0 unspecified atom stereocenters. The Hall–Kier alpha value is -2.28. The third-order valence-corrected chi connectivity index (χ3v) is 8.32. The first-order chi connectivity index (χ1) is 17.0. The molecule has 0 bridgehead atoms. The van der Waals surface area contributed by atoms with Gasteiger partial charge in [-0.25, -0.2) is 4.79 Å². The fourth-order valence-corrected chi connectivity index (χ4v) is 6.13. The second kappa shape index (κ2) is 12.8. The van der Waals surface area contributed by atoms with Crippen LogP contribution in [0.15, 0.2) is 30.3 Å². The smallest absolute Gasteiger partial charge is 0.410 e. The topological polar surface area (TPSA) is 70.2 Å². The number of ether oxygens (including phenoxy) is 1. The molecular weight excluding hydrogens is 478 g/mol. The maximum Gasteiger partial charge on any atom is 0.410 e. The lowest BCUT2D eigenvalue weighted by molar-refractivity contribution is -0.174. The number of unbranched alkanes of at least 4 members (excludes halogenated alkanes) is 1. The fraction of sp³-hybridized carbons (Fsp3) is 0.679. The van der Waals surface area contributed by atoms with Gasteiger partial charge in [-0.15, -0.1) is 12.4 Å². The summed E-state index contributed by atoms with van der Waals surface area (Å²) in [6, 6.07) is 9.26.